The molecule has 1 saturated carbocycles. The van der Waals surface area contributed by atoms with Gasteiger partial charge in [0.1, 0.15) is 0 Å². The fourth-order valence-electron chi connectivity index (χ4n) is 4.34. The summed E-state index contributed by atoms with van der Waals surface area (Å²) in [5.74, 6) is 1.24. The second-order valence-electron chi connectivity index (χ2n) is 8.62. The summed E-state index contributed by atoms with van der Waals surface area (Å²) in [6, 6.07) is 10.1. The molecule has 172 valence electrons. The molecule has 2 fully saturated rings. The van der Waals surface area contributed by atoms with Crippen molar-refractivity contribution in [3.63, 3.8) is 0 Å². The molecule has 7 heteroatoms. The lowest BCUT2D eigenvalue weighted by molar-refractivity contribution is -0.135. The van der Waals surface area contributed by atoms with E-state index < -0.39 is 6.10 Å². The minimum absolute atomic E-state index is 0.191. The fourth-order valence-corrected chi connectivity index (χ4v) is 4.34. The monoisotopic (exact) mass is 430 g/mol. The highest BCUT2D eigenvalue weighted by Crippen LogP contribution is 2.26. The standard InChI is InChI=1S/C24H38N4O3/c1-2-25-24(26-15-22(29)18-31-17-19-9-5-3-6-10-19)27-21-13-14-28(16-21)23(30)20-11-7-4-8-12-20/h3,5-6,9-10,20-22,29H,2,4,7-8,11-18H2,1H3,(H2,25,26,27). The van der Waals surface area contributed by atoms with Crippen molar-refractivity contribution in [1.82, 2.24) is 15.5 Å². The quantitative estimate of drug-likeness (QED) is 0.413. The Kier molecular flexibility index (Phi) is 9.62. The summed E-state index contributed by atoms with van der Waals surface area (Å²) in [5, 5.41) is 16.9. The lowest BCUT2D eigenvalue weighted by atomic mass is 9.88. The highest BCUT2D eigenvalue weighted by molar-refractivity contribution is 5.81. The first-order chi connectivity index (χ1) is 15.2. The van der Waals surface area contributed by atoms with E-state index in [9.17, 15) is 9.90 Å². The van der Waals surface area contributed by atoms with Crippen molar-refractivity contribution < 1.29 is 14.6 Å². The van der Waals surface area contributed by atoms with Crippen LogP contribution in [0, 0.1) is 5.92 Å². The number of amides is 1. The van der Waals surface area contributed by atoms with Crippen LogP contribution in [0.5, 0.6) is 0 Å². The van der Waals surface area contributed by atoms with Crippen molar-refractivity contribution >= 4 is 11.9 Å². The van der Waals surface area contributed by atoms with E-state index in [4.69, 9.17) is 4.74 Å². The van der Waals surface area contributed by atoms with Gasteiger partial charge in [-0.2, -0.15) is 0 Å². The molecule has 0 aromatic heterocycles. The third kappa shape index (κ3) is 7.82. The van der Waals surface area contributed by atoms with Gasteiger partial charge in [-0.1, -0.05) is 49.6 Å². The SMILES string of the molecule is CCNC(=NCC(O)COCc1ccccc1)NC1CCN(C(=O)C2CCCCC2)C1. The van der Waals surface area contributed by atoms with Gasteiger partial charge in [-0.3, -0.25) is 9.79 Å². The van der Waals surface area contributed by atoms with Gasteiger partial charge in [0.05, 0.1) is 25.9 Å². The number of benzene rings is 1. The van der Waals surface area contributed by atoms with E-state index in [1.54, 1.807) is 0 Å². The van der Waals surface area contributed by atoms with Crippen molar-refractivity contribution in [2.75, 3.05) is 32.8 Å². The third-order valence-corrected chi connectivity index (χ3v) is 6.02. The number of hydrogen-bond donors (Lipinski definition) is 3. The van der Waals surface area contributed by atoms with Crippen LogP contribution in [0.15, 0.2) is 35.3 Å². The first-order valence-electron chi connectivity index (χ1n) is 11.8. The Bertz CT molecular complexity index is 691. The molecule has 0 spiro atoms. The molecule has 1 aliphatic heterocycles. The maximum absolute atomic E-state index is 12.8. The highest BCUT2D eigenvalue weighted by atomic mass is 16.5. The molecule has 0 radical (unpaired) electrons. The molecule has 7 nitrogen and oxygen atoms in total. The largest absolute Gasteiger partial charge is 0.389 e. The number of aliphatic hydroxyl groups excluding tert-OH is 1. The predicted octanol–water partition coefficient (Wildman–Crippen LogP) is 2.30. The Morgan fingerprint density at radius 2 is 2.00 bits per heavy atom. The van der Waals surface area contributed by atoms with Gasteiger partial charge in [0.25, 0.3) is 0 Å². The Morgan fingerprint density at radius 3 is 2.74 bits per heavy atom. The average molecular weight is 431 g/mol. The molecule has 1 aromatic carbocycles. The van der Waals surface area contributed by atoms with Gasteiger partial charge in [0.2, 0.25) is 5.91 Å². The molecule has 31 heavy (non-hydrogen) atoms. The number of aliphatic hydroxyl groups is 1. The van der Waals surface area contributed by atoms with Crippen LogP contribution in [0.2, 0.25) is 0 Å². The molecule has 1 saturated heterocycles. The van der Waals surface area contributed by atoms with Crippen molar-refractivity contribution in [3.8, 4) is 0 Å². The summed E-state index contributed by atoms with van der Waals surface area (Å²) in [4.78, 5) is 19.3. The third-order valence-electron chi connectivity index (χ3n) is 6.02. The molecule has 2 atom stereocenters. The van der Waals surface area contributed by atoms with Crippen LogP contribution in [0.25, 0.3) is 0 Å². The molecule has 1 aromatic rings. The summed E-state index contributed by atoms with van der Waals surface area (Å²) in [6.45, 7) is 5.28. The van der Waals surface area contributed by atoms with E-state index in [1.807, 2.05) is 42.2 Å². The number of ether oxygens (including phenoxy) is 1. The summed E-state index contributed by atoms with van der Waals surface area (Å²) >= 11 is 0. The van der Waals surface area contributed by atoms with Gasteiger partial charge >= 0.3 is 0 Å². The van der Waals surface area contributed by atoms with Crippen LogP contribution in [0.3, 0.4) is 0 Å². The van der Waals surface area contributed by atoms with E-state index in [-0.39, 0.29) is 25.1 Å². The van der Waals surface area contributed by atoms with E-state index in [2.05, 4.69) is 15.6 Å². The number of hydrogen-bond acceptors (Lipinski definition) is 4. The second-order valence-corrected chi connectivity index (χ2v) is 8.62. The van der Waals surface area contributed by atoms with Crippen molar-refractivity contribution in [3.05, 3.63) is 35.9 Å². The smallest absolute Gasteiger partial charge is 0.225 e. The molecular formula is C24H38N4O3. The molecule has 3 rings (SSSR count). The Balaban J connectivity index is 1.41. The average Bonchev–Trinajstić information content (AvgIpc) is 3.27. The van der Waals surface area contributed by atoms with Gasteiger partial charge in [0.15, 0.2) is 5.96 Å². The number of likely N-dealkylation sites (tertiary alicyclic amines) is 1. The van der Waals surface area contributed by atoms with E-state index in [0.29, 0.717) is 18.5 Å². The van der Waals surface area contributed by atoms with Crippen molar-refractivity contribution in [2.45, 2.75) is 64.2 Å². The lowest BCUT2D eigenvalue weighted by Crippen LogP contribution is -2.46. The normalized spacial score (nSPS) is 21.2. The van der Waals surface area contributed by atoms with E-state index >= 15 is 0 Å². The number of rotatable bonds is 9. The van der Waals surface area contributed by atoms with Crippen LogP contribution in [-0.4, -0.2) is 66.8 Å². The molecule has 1 heterocycles. The summed E-state index contributed by atoms with van der Waals surface area (Å²) < 4.78 is 5.60. The van der Waals surface area contributed by atoms with Crippen LogP contribution in [0.4, 0.5) is 0 Å². The number of carbonyl (C=O) groups excluding carboxylic acids is 1. The van der Waals surface area contributed by atoms with Crippen molar-refractivity contribution in [2.24, 2.45) is 10.9 Å². The minimum Gasteiger partial charge on any atom is -0.389 e. The molecular weight excluding hydrogens is 392 g/mol. The van der Waals surface area contributed by atoms with Crippen LogP contribution in [0.1, 0.15) is 51.0 Å². The number of carbonyl (C=O) groups is 1. The zero-order valence-electron chi connectivity index (χ0n) is 18.8. The van der Waals surface area contributed by atoms with Gasteiger partial charge in [-0.15, -0.1) is 0 Å². The number of aliphatic imine (C=N–C) groups is 1. The Morgan fingerprint density at radius 1 is 1.23 bits per heavy atom. The predicted molar refractivity (Wildman–Crippen MR) is 123 cm³/mol. The first kappa shape index (κ1) is 23.5. The van der Waals surface area contributed by atoms with Crippen LogP contribution < -0.4 is 10.6 Å². The van der Waals surface area contributed by atoms with Crippen LogP contribution >= 0.6 is 0 Å². The Labute approximate surface area is 186 Å². The molecule has 3 N–H and O–H groups in total. The number of nitrogens with one attached hydrogen (secondary N) is 2. The molecule has 1 amide bonds. The first-order valence-corrected chi connectivity index (χ1v) is 11.8. The van der Waals surface area contributed by atoms with Gasteiger partial charge in [0, 0.05) is 31.6 Å². The zero-order valence-corrected chi connectivity index (χ0v) is 18.8. The summed E-state index contributed by atoms with van der Waals surface area (Å²) in [5.41, 5.74) is 1.08. The van der Waals surface area contributed by atoms with Crippen molar-refractivity contribution in [1.29, 1.82) is 0 Å². The topological polar surface area (TPSA) is 86.2 Å². The summed E-state index contributed by atoms with van der Waals surface area (Å²) in [7, 11) is 0. The van der Waals surface area contributed by atoms with Gasteiger partial charge in [-0.05, 0) is 31.7 Å². The van der Waals surface area contributed by atoms with Crippen LogP contribution in [-0.2, 0) is 16.1 Å². The number of nitrogens with zero attached hydrogens (tertiary/aromatic N) is 2. The van der Waals surface area contributed by atoms with E-state index in [1.165, 1.54) is 19.3 Å². The maximum atomic E-state index is 12.8. The molecule has 0 bridgehead atoms. The molecule has 2 unspecified atom stereocenters. The van der Waals surface area contributed by atoms with Gasteiger partial charge in [-0.25, -0.2) is 0 Å². The zero-order chi connectivity index (χ0) is 21.9. The molecule has 2 aliphatic rings. The number of guanidine groups is 1. The van der Waals surface area contributed by atoms with Gasteiger partial charge < -0.3 is 25.4 Å². The lowest BCUT2D eigenvalue weighted by Gasteiger charge is -2.26. The van der Waals surface area contributed by atoms with E-state index in [0.717, 1.165) is 44.5 Å². The molecule has 1 aliphatic carbocycles. The minimum atomic E-state index is -0.660. The summed E-state index contributed by atoms with van der Waals surface area (Å²) in [6.07, 6.45) is 5.97. The second kappa shape index (κ2) is 12.7. The Hall–Kier alpha value is -2.12. The maximum Gasteiger partial charge on any atom is 0.225 e. The highest BCUT2D eigenvalue weighted by Gasteiger charge is 2.31. The fraction of sp³-hybridized carbons (Fsp3) is 0.667.